The lowest BCUT2D eigenvalue weighted by molar-refractivity contribution is -0.116. The number of thiocarbonyl (C=S) groups is 1. The Morgan fingerprint density at radius 1 is 1.42 bits per heavy atom. The number of primary sulfonamides is 1. The zero-order valence-corrected chi connectivity index (χ0v) is 15.7. The molecule has 134 valence electrons. The summed E-state index contributed by atoms with van der Waals surface area (Å²) in [7, 11) is -3.91. The quantitative estimate of drug-likeness (QED) is 0.314. The van der Waals surface area contributed by atoms with E-state index in [0.29, 0.717) is 35.4 Å². The maximum absolute atomic E-state index is 11.8. The molecular weight excluding hydrogens is 396 g/mol. The van der Waals surface area contributed by atoms with Crippen molar-refractivity contribution in [1.82, 2.24) is 19.8 Å². The molecular formula is C10H16N6O4S4. The Hall–Kier alpha value is -0.900. The van der Waals surface area contributed by atoms with E-state index in [-0.39, 0.29) is 21.8 Å². The first-order chi connectivity index (χ1) is 11.3. The zero-order chi connectivity index (χ0) is 17.6. The van der Waals surface area contributed by atoms with E-state index in [1.54, 1.807) is 0 Å². The third-order valence-electron chi connectivity index (χ3n) is 2.70. The molecule has 1 aliphatic heterocycles. The number of sulfonamides is 1. The Bertz CT molecular complexity index is 687. The summed E-state index contributed by atoms with van der Waals surface area (Å²) in [5, 5.41) is 17.4. The van der Waals surface area contributed by atoms with Crippen molar-refractivity contribution in [2.75, 3.05) is 38.2 Å². The summed E-state index contributed by atoms with van der Waals surface area (Å²) in [6, 6.07) is 0. The Balaban J connectivity index is 1.67. The van der Waals surface area contributed by atoms with Crippen LogP contribution in [0.1, 0.15) is 6.42 Å². The number of carbonyl (C=O) groups is 1. The first-order valence-electron chi connectivity index (χ1n) is 6.79. The molecule has 0 aliphatic carbocycles. The number of nitrogens with two attached hydrogens (primary N) is 1. The number of morpholine rings is 1. The summed E-state index contributed by atoms with van der Waals surface area (Å²) < 4.78 is 29.7. The molecule has 1 saturated heterocycles. The van der Waals surface area contributed by atoms with Crippen molar-refractivity contribution >= 4 is 60.9 Å². The molecule has 24 heavy (non-hydrogen) atoms. The van der Waals surface area contributed by atoms with Gasteiger partial charge in [-0.25, -0.2) is 17.9 Å². The van der Waals surface area contributed by atoms with Crippen LogP contribution in [0.25, 0.3) is 0 Å². The maximum Gasteiger partial charge on any atom is 0.267 e. The van der Waals surface area contributed by atoms with Gasteiger partial charge in [0.15, 0.2) is 0 Å². The summed E-state index contributed by atoms with van der Waals surface area (Å²) in [5.41, 5.74) is 0. The number of nitrogens with zero attached hydrogens (tertiary/aromatic N) is 3. The van der Waals surface area contributed by atoms with Crippen molar-refractivity contribution < 1.29 is 17.9 Å². The van der Waals surface area contributed by atoms with Crippen LogP contribution in [-0.2, 0) is 19.6 Å². The zero-order valence-electron chi connectivity index (χ0n) is 12.4. The van der Waals surface area contributed by atoms with Crippen LogP contribution in [0, 0.1) is 0 Å². The average Bonchev–Trinajstić information content (AvgIpc) is 2.97. The minimum atomic E-state index is -3.91. The molecule has 1 aromatic heterocycles. The Morgan fingerprint density at radius 3 is 2.75 bits per heavy atom. The standard InChI is InChI=1S/C10H16N6O4S4/c11-24(18,19)10-15-14-8(22-10)13-7(17)1-2-12-9(21)23-16-3-5-20-6-4-16/h1-6H2,(H,12,21)(H2,11,18,19)(H,13,14,17). The first-order valence-corrected chi connectivity index (χ1v) is 10.3. The normalized spacial score (nSPS) is 15.9. The summed E-state index contributed by atoms with van der Waals surface area (Å²) in [5.74, 6) is -0.334. The lowest BCUT2D eigenvalue weighted by atomic mass is 10.4. The summed E-state index contributed by atoms with van der Waals surface area (Å²) in [6.45, 7) is 3.32. The van der Waals surface area contributed by atoms with Crippen molar-refractivity contribution in [3.05, 3.63) is 0 Å². The Kier molecular flexibility index (Phi) is 7.27. The summed E-state index contributed by atoms with van der Waals surface area (Å²) >= 11 is 7.32. The number of ether oxygens (including phenoxy) is 1. The molecule has 0 aromatic carbocycles. The highest BCUT2D eigenvalue weighted by Gasteiger charge is 2.16. The molecule has 2 heterocycles. The Morgan fingerprint density at radius 2 is 2.12 bits per heavy atom. The minimum absolute atomic E-state index is 0.0780. The van der Waals surface area contributed by atoms with Crippen molar-refractivity contribution in [3.8, 4) is 0 Å². The number of anilines is 1. The second kappa shape index (κ2) is 8.98. The van der Waals surface area contributed by atoms with Gasteiger partial charge >= 0.3 is 0 Å². The average molecular weight is 413 g/mol. The number of carbonyl (C=O) groups excluding carboxylic acids is 1. The lowest BCUT2D eigenvalue weighted by Gasteiger charge is -2.25. The van der Waals surface area contributed by atoms with Gasteiger partial charge in [0.05, 0.1) is 13.2 Å². The predicted octanol–water partition coefficient (Wildman–Crippen LogP) is -0.631. The van der Waals surface area contributed by atoms with E-state index in [9.17, 15) is 13.2 Å². The van der Waals surface area contributed by atoms with Crippen LogP contribution in [0.2, 0.25) is 0 Å². The fraction of sp³-hybridized carbons (Fsp3) is 0.600. The van der Waals surface area contributed by atoms with E-state index < -0.39 is 10.0 Å². The van der Waals surface area contributed by atoms with Crippen LogP contribution in [0.3, 0.4) is 0 Å². The van der Waals surface area contributed by atoms with E-state index in [2.05, 4.69) is 25.1 Å². The van der Waals surface area contributed by atoms with E-state index in [1.807, 2.05) is 0 Å². The van der Waals surface area contributed by atoms with Crippen LogP contribution in [-0.4, -0.2) is 66.0 Å². The second-order valence-electron chi connectivity index (χ2n) is 4.56. The third kappa shape index (κ3) is 6.54. The van der Waals surface area contributed by atoms with Gasteiger partial charge in [-0.3, -0.25) is 4.79 Å². The number of aromatic nitrogens is 2. The summed E-state index contributed by atoms with van der Waals surface area (Å²) in [4.78, 5) is 11.8. The SMILES string of the molecule is NS(=O)(=O)c1nnc(NC(=O)CCNC(=S)SN2CCOCC2)s1. The molecule has 0 unspecified atom stereocenters. The molecule has 1 fully saturated rings. The van der Waals surface area contributed by atoms with E-state index >= 15 is 0 Å². The molecule has 4 N–H and O–H groups in total. The van der Waals surface area contributed by atoms with Crippen LogP contribution >= 0.6 is 35.5 Å². The van der Waals surface area contributed by atoms with Crippen molar-refractivity contribution in [2.45, 2.75) is 10.8 Å². The molecule has 1 amide bonds. The number of amides is 1. The first kappa shape index (κ1) is 19.4. The molecule has 0 saturated carbocycles. The molecule has 10 nitrogen and oxygen atoms in total. The van der Waals surface area contributed by atoms with Crippen LogP contribution in [0.4, 0.5) is 5.13 Å². The van der Waals surface area contributed by atoms with Gasteiger partial charge < -0.3 is 15.4 Å². The molecule has 2 rings (SSSR count). The van der Waals surface area contributed by atoms with Gasteiger partial charge in [-0.2, -0.15) is 0 Å². The second-order valence-corrected chi connectivity index (χ2v) is 9.05. The van der Waals surface area contributed by atoms with E-state index in [1.165, 1.54) is 11.9 Å². The van der Waals surface area contributed by atoms with Gasteiger partial charge in [0.25, 0.3) is 10.0 Å². The smallest absolute Gasteiger partial charge is 0.267 e. The topological polar surface area (TPSA) is 140 Å². The molecule has 0 spiro atoms. The highest BCUT2D eigenvalue weighted by atomic mass is 32.2. The summed E-state index contributed by atoms with van der Waals surface area (Å²) in [6.07, 6.45) is 0.147. The van der Waals surface area contributed by atoms with Gasteiger partial charge in [-0.1, -0.05) is 23.6 Å². The van der Waals surface area contributed by atoms with Crippen LogP contribution in [0.15, 0.2) is 4.34 Å². The minimum Gasteiger partial charge on any atom is -0.379 e. The number of rotatable bonds is 6. The van der Waals surface area contributed by atoms with E-state index in [4.69, 9.17) is 22.1 Å². The van der Waals surface area contributed by atoms with Gasteiger partial charge in [-0.15, -0.1) is 10.2 Å². The Labute approximate surface area is 152 Å². The fourth-order valence-electron chi connectivity index (χ4n) is 1.62. The molecule has 0 radical (unpaired) electrons. The number of hydrogen-bond donors (Lipinski definition) is 3. The third-order valence-corrected chi connectivity index (χ3v) is 6.15. The fourth-order valence-corrected chi connectivity index (χ4v) is 4.12. The molecule has 0 atom stereocenters. The van der Waals surface area contributed by atoms with Gasteiger partial charge in [0, 0.05) is 26.1 Å². The lowest BCUT2D eigenvalue weighted by Crippen LogP contribution is -2.34. The largest absolute Gasteiger partial charge is 0.379 e. The maximum atomic E-state index is 11.8. The predicted molar refractivity (Wildman–Crippen MR) is 95.1 cm³/mol. The molecule has 1 aromatic rings. The van der Waals surface area contributed by atoms with Crippen LogP contribution in [0.5, 0.6) is 0 Å². The van der Waals surface area contributed by atoms with Crippen molar-refractivity contribution in [2.24, 2.45) is 5.14 Å². The monoisotopic (exact) mass is 412 g/mol. The van der Waals surface area contributed by atoms with E-state index in [0.717, 1.165) is 13.1 Å². The van der Waals surface area contributed by atoms with Crippen LogP contribution < -0.4 is 15.8 Å². The number of nitrogens with one attached hydrogen (secondary N) is 2. The van der Waals surface area contributed by atoms with Crippen molar-refractivity contribution in [3.63, 3.8) is 0 Å². The molecule has 14 heteroatoms. The highest BCUT2D eigenvalue weighted by molar-refractivity contribution is 8.21. The van der Waals surface area contributed by atoms with Gasteiger partial charge in [-0.05, 0) is 11.9 Å². The van der Waals surface area contributed by atoms with Gasteiger partial charge in [0.2, 0.25) is 15.4 Å². The molecule has 0 bridgehead atoms. The van der Waals surface area contributed by atoms with Crippen molar-refractivity contribution in [1.29, 1.82) is 0 Å². The van der Waals surface area contributed by atoms with Gasteiger partial charge in [0.1, 0.15) is 4.32 Å². The number of hydrogen-bond acceptors (Lipinski definition) is 10. The highest BCUT2D eigenvalue weighted by Crippen LogP contribution is 2.18. The molecule has 1 aliphatic rings.